The van der Waals surface area contributed by atoms with Crippen molar-refractivity contribution < 1.29 is 19.4 Å². The predicted octanol–water partition coefficient (Wildman–Crippen LogP) is 3.88. The summed E-state index contributed by atoms with van der Waals surface area (Å²) in [6.07, 6.45) is 2.45. The van der Waals surface area contributed by atoms with Gasteiger partial charge in [0.1, 0.15) is 0 Å². The Morgan fingerprint density at radius 3 is 2.50 bits per heavy atom. The number of aromatic amines is 1. The Balaban J connectivity index is 1.17. The minimum Gasteiger partial charge on any atom is -0.432 e. The van der Waals surface area contributed by atoms with Crippen LogP contribution in [0, 0.1) is 5.92 Å². The first-order chi connectivity index (χ1) is 22.1. The number of rotatable bonds is 9. The highest BCUT2D eigenvalue weighted by atomic mass is 28.4. The maximum absolute atomic E-state index is 14.6. The van der Waals surface area contributed by atoms with E-state index < -0.39 is 13.9 Å². The lowest BCUT2D eigenvalue weighted by molar-refractivity contribution is -0.146. The molecule has 12 heteroatoms. The molecular formula is C34H38N6O5Si. The monoisotopic (exact) mass is 638 g/mol. The highest BCUT2D eigenvalue weighted by Gasteiger charge is 2.66. The van der Waals surface area contributed by atoms with Crippen LogP contribution >= 0.6 is 0 Å². The summed E-state index contributed by atoms with van der Waals surface area (Å²) in [6, 6.07) is 22.8. The van der Waals surface area contributed by atoms with E-state index in [0.29, 0.717) is 42.7 Å². The summed E-state index contributed by atoms with van der Waals surface area (Å²) in [5.74, 6) is -0.395. The van der Waals surface area contributed by atoms with Crippen molar-refractivity contribution in [1.82, 2.24) is 24.8 Å². The van der Waals surface area contributed by atoms with E-state index in [2.05, 4.69) is 15.4 Å². The smallest absolute Gasteiger partial charge is 0.279 e. The van der Waals surface area contributed by atoms with E-state index in [1.54, 1.807) is 15.6 Å². The second-order valence-corrected chi connectivity index (χ2v) is 16.9. The fraction of sp³-hybridized carbons (Fsp3) is 0.353. The van der Waals surface area contributed by atoms with Gasteiger partial charge in [-0.1, -0.05) is 54.6 Å². The van der Waals surface area contributed by atoms with Crippen molar-refractivity contribution in [1.29, 1.82) is 0 Å². The van der Waals surface area contributed by atoms with E-state index in [4.69, 9.17) is 4.74 Å². The zero-order valence-corrected chi connectivity index (χ0v) is 27.1. The van der Waals surface area contributed by atoms with Crippen LogP contribution in [0.25, 0.3) is 16.6 Å². The molecule has 46 heavy (non-hydrogen) atoms. The van der Waals surface area contributed by atoms with Crippen LogP contribution in [-0.4, -0.2) is 61.6 Å². The molecule has 3 aromatic carbocycles. The number of aliphatic hydroxyl groups is 1. The largest absolute Gasteiger partial charge is 0.432 e. The quantitative estimate of drug-likeness (QED) is 0.208. The molecule has 4 heterocycles. The first-order valence-electron chi connectivity index (χ1n) is 15.7. The number of para-hydroxylation sites is 2. The Hall–Kier alpha value is -4.36. The lowest BCUT2D eigenvalue weighted by atomic mass is 9.82. The van der Waals surface area contributed by atoms with Crippen molar-refractivity contribution in [2.75, 3.05) is 11.5 Å². The third-order valence-electron chi connectivity index (χ3n) is 9.62. The molecule has 3 N–H and O–H groups in total. The summed E-state index contributed by atoms with van der Waals surface area (Å²) in [5.41, 5.74) is 3.19. The third-order valence-corrected chi connectivity index (χ3v) is 12.1. The predicted molar refractivity (Wildman–Crippen MR) is 176 cm³/mol. The van der Waals surface area contributed by atoms with Gasteiger partial charge in [0.25, 0.3) is 11.5 Å². The average molecular weight is 639 g/mol. The third kappa shape index (κ3) is 4.92. The topological polar surface area (TPSA) is 138 Å². The molecule has 0 bridgehead atoms. The summed E-state index contributed by atoms with van der Waals surface area (Å²) in [4.78, 5) is 40.9. The molecule has 0 saturated carbocycles. The highest BCUT2D eigenvalue weighted by Crippen LogP contribution is 2.59. The van der Waals surface area contributed by atoms with Crippen molar-refractivity contribution in [3.63, 3.8) is 0 Å². The second-order valence-electron chi connectivity index (χ2n) is 13.0. The van der Waals surface area contributed by atoms with E-state index in [-0.39, 0.29) is 35.6 Å². The molecule has 0 aliphatic carbocycles. The summed E-state index contributed by atoms with van der Waals surface area (Å²) in [5, 5.41) is 21.4. The van der Waals surface area contributed by atoms with Crippen LogP contribution in [-0.2, 0) is 34.6 Å². The molecule has 0 radical (unpaired) electrons. The normalized spacial score (nSPS) is 22.8. The van der Waals surface area contributed by atoms with Gasteiger partial charge in [0.2, 0.25) is 0 Å². The Morgan fingerprint density at radius 2 is 1.76 bits per heavy atom. The number of H-pyrrole nitrogens is 1. The Morgan fingerprint density at radius 1 is 1.02 bits per heavy atom. The number of carbonyl (C=O) groups excluding carboxylic acids is 1. The van der Waals surface area contributed by atoms with Crippen molar-refractivity contribution in [2.24, 2.45) is 5.92 Å². The van der Waals surface area contributed by atoms with E-state index >= 15 is 0 Å². The molecule has 1 saturated heterocycles. The van der Waals surface area contributed by atoms with Gasteiger partial charge in [0.15, 0.2) is 13.9 Å². The van der Waals surface area contributed by atoms with Crippen LogP contribution in [0.15, 0.2) is 83.8 Å². The van der Waals surface area contributed by atoms with Crippen molar-refractivity contribution in [3.8, 4) is 5.69 Å². The number of carbonyl (C=O) groups is 1. The van der Waals surface area contributed by atoms with Gasteiger partial charge in [-0.15, -0.1) is 5.10 Å². The van der Waals surface area contributed by atoms with Crippen molar-refractivity contribution in [2.45, 2.75) is 63.2 Å². The van der Waals surface area contributed by atoms with Crippen molar-refractivity contribution in [3.05, 3.63) is 106 Å². The number of hydrogen-bond acceptors (Lipinski definition) is 7. The molecule has 1 amide bonds. The second kappa shape index (κ2) is 11.5. The Kier molecular flexibility index (Phi) is 7.55. The van der Waals surface area contributed by atoms with Gasteiger partial charge in [-0.05, 0) is 55.4 Å². The van der Waals surface area contributed by atoms with E-state index in [0.717, 1.165) is 22.3 Å². The summed E-state index contributed by atoms with van der Waals surface area (Å²) >= 11 is 0. The molecule has 238 valence electrons. The lowest BCUT2D eigenvalue weighted by Crippen LogP contribution is -2.46. The fourth-order valence-electron chi connectivity index (χ4n) is 7.57. The van der Waals surface area contributed by atoms with Crippen LogP contribution in [0.4, 0.5) is 5.69 Å². The molecule has 1 fully saturated rings. The molecular weight excluding hydrogens is 600 g/mol. The number of ether oxygens (including phenoxy) is 1. The minimum atomic E-state index is -2.80. The zero-order valence-electron chi connectivity index (χ0n) is 26.1. The van der Waals surface area contributed by atoms with E-state index in [1.807, 2.05) is 92.9 Å². The molecule has 7 rings (SSSR count). The van der Waals surface area contributed by atoms with Crippen LogP contribution in [0.5, 0.6) is 0 Å². The maximum atomic E-state index is 14.6. The van der Waals surface area contributed by atoms with E-state index in [9.17, 15) is 19.5 Å². The number of nitrogens with one attached hydrogen (secondary N) is 1. The standard InChI is InChI=1S/C34H38N6O5Si/c1-22-31(46(2,3)44)30(16-18-38-21-24(17-19-41)35-37-38)45-34(22)27-9-5-7-11-29(27)39(33(34)43)20-23-12-14-25(15-13-23)40-32(42)26-8-4-6-10-28(26)36-40/h4-15,21-22,30-31,36,41,44H,16-20H2,1-3H3/t22-,30+,31-,34+/m0/s1. The number of benzene rings is 3. The molecule has 4 atom stereocenters. The number of hydrogen-bond donors (Lipinski definition) is 3. The molecule has 2 aliphatic rings. The molecule has 0 unspecified atom stereocenters. The number of amides is 1. The zero-order chi connectivity index (χ0) is 32.2. The van der Waals surface area contributed by atoms with Crippen LogP contribution < -0.4 is 10.5 Å². The molecule has 1 spiro atoms. The average Bonchev–Trinajstić information content (AvgIpc) is 3.77. The number of aryl methyl sites for hydroxylation is 1. The Labute approximate surface area is 267 Å². The van der Waals surface area contributed by atoms with Gasteiger partial charge in [-0.25, -0.2) is 4.68 Å². The number of aromatic nitrogens is 5. The number of fused-ring (bicyclic) bond motifs is 3. The summed E-state index contributed by atoms with van der Waals surface area (Å²) in [6.45, 7) is 6.72. The van der Waals surface area contributed by atoms with Gasteiger partial charge in [0, 0.05) is 42.8 Å². The maximum Gasteiger partial charge on any atom is 0.279 e. The number of anilines is 1. The molecule has 11 nitrogen and oxygen atoms in total. The number of nitrogens with zero attached hydrogens (tertiary/aromatic N) is 5. The van der Waals surface area contributed by atoms with E-state index in [1.165, 1.54) is 4.68 Å². The van der Waals surface area contributed by atoms with Gasteiger partial charge in [0.05, 0.1) is 40.6 Å². The molecule has 5 aromatic rings. The van der Waals surface area contributed by atoms with Gasteiger partial charge < -0.3 is 19.5 Å². The first kappa shape index (κ1) is 30.3. The fourth-order valence-corrected chi connectivity index (χ4v) is 10.2. The van der Waals surface area contributed by atoms with Gasteiger partial charge in [-0.2, -0.15) is 0 Å². The van der Waals surface area contributed by atoms with Crippen LogP contribution in [0.2, 0.25) is 18.6 Å². The minimum absolute atomic E-state index is 0.00310. The van der Waals surface area contributed by atoms with Crippen molar-refractivity contribution >= 4 is 30.8 Å². The number of aliphatic hydroxyl groups excluding tert-OH is 1. The Bertz CT molecular complexity index is 1960. The van der Waals surface area contributed by atoms with Crippen LogP contribution in [0.1, 0.15) is 30.2 Å². The molecule has 2 aliphatic heterocycles. The highest BCUT2D eigenvalue weighted by molar-refractivity contribution is 6.71. The van der Waals surface area contributed by atoms with Gasteiger partial charge in [-0.3, -0.25) is 19.4 Å². The summed E-state index contributed by atoms with van der Waals surface area (Å²) in [7, 11) is -2.80. The first-order valence-corrected chi connectivity index (χ1v) is 18.7. The SMILES string of the molecule is C[C@H]1[C@H]([Si](C)(C)O)[C@@H](CCn2cc(CCO)nn2)O[C@]12C(=O)N(Cc1ccc(-n3[nH]c4ccccc4c3=O)cc1)c1ccccc12. The lowest BCUT2D eigenvalue weighted by Gasteiger charge is -2.32. The van der Waals surface area contributed by atoms with Crippen LogP contribution in [0.3, 0.4) is 0 Å². The summed E-state index contributed by atoms with van der Waals surface area (Å²) < 4.78 is 10.2. The molecule has 2 aromatic heterocycles. The van der Waals surface area contributed by atoms with Gasteiger partial charge >= 0.3 is 0 Å².